The topological polar surface area (TPSA) is 64.0 Å². The Morgan fingerprint density at radius 1 is 1.09 bits per heavy atom. The Bertz CT molecular complexity index is 891. The first-order valence-electron chi connectivity index (χ1n) is 6.88. The van der Waals surface area contributed by atoms with Gasteiger partial charge < -0.3 is 0 Å². The Kier molecular flexibility index (Phi) is 4.49. The largest absolute Gasteiger partial charge is 0.280 e. The van der Waals surface area contributed by atoms with Gasteiger partial charge in [0, 0.05) is 22.6 Å². The van der Waals surface area contributed by atoms with Gasteiger partial charge >= 0.3 is 0 Å². The third kappa shape index (κ3) is 4.00. The van der Waals surface area contributed by atoms with Gasteiger partial charge in [0.05, 0.1) is 11.4 Å². The van der Waals surface area contributed by atoms with Crippen LogP contribution in [0.4, 0.5) is 5.69 Å². The molecule has 0 spiro atoms. The highest BCUT2D eigenvalue weighted by molar-refractivity contribution is 9.10. The smallest absolute Gasteiger partial charge is 0.261 e. The Labute approximate surface area is 143 Å². The third-order valence-electron chi connectivity index (χ3n) is 3.21. The monoisotopic (exact) mass is 391 g/mol. The lowest BCUT2D eigenvalue weighted by atomic mass is 10.2. The van der Waals surface area contributed by atoms with E-state index >= 15 is 0 Å². The Morgan fingerprint density at radius 2 is 1.87 bits per heavy atom. The van der Waals surface area contributed by atoms with Gasteiger partial charge in [0.2, 0.25) is 0 Å². The Morgan fingerprint density at radius 3 is 2.57 bits per heavy atom. The summed E-state index contributed by atoms with van der Waals surface area (Å²) in [5, 5.41) is 4.15. The maximum Gasteiger partial charge on any atom is 0.261 e. The minimum atomic E-state index is -3.60. The number of hydrogen-bond donors (Lipinski definition) is 1. The molecule has 0 atom stereocenters. The summed E-state index contributed by atoms with van der Waals surface area (Å²) in [5.41, 5.74) is 1.49. The third-order valence-corrected chi connectivity index (χ3v) is 5.13. The average molecular weight is 392 g/mol. The van der Waals surface area contributed by atoms with E-state index in [0.717, 1.165) is 10.0 Å². The molecule has 0 bridgehead atoms. The second-order valence-electron chi connectivity index (χ2n) is 4.96. The lowest BCUT2D eigenvalue weighted by Gasteiger charge is -2.10. The minimum Gasteiger partial charge on any atom is -0.280 e. The van der Waals surface area contributed by atoms with E-state index in [4.69, 9.17) is 0 Å². The molecule has 0 fully saturated rings. The van der Waals surface area contributed by atoms with Crippen LogP contribution in [0, 0.1) is 0 Å². The molecule has 0 aliphatic heterocycles. The molecule has 0 saturated heterocycles. The van der Waals surface area contributed by atoms with E-state index in [2.05, 4.69) is 25.8 Å². The molecular weight excluding hydrogens is 378 g/mol. The van der Waals surface area contributed by atoms with Crippen molar-refractivity contribution in [2.75, 3.05) is 4.72 Å². The molecule has 1 heterocycles. The van der Waals surface area contributed by atoms with E-state index in [-0.39, 0.29) is 4.90 Å². The van der Waals surface area contributed by atoms with Gasteiger partial charge in [0.25, 0.3) is 10.0 Å². The van der Waals surface area contributed by atoms with Crippen molar-refractivity contribution < 1.29 is 8.42 Å². The van der Waals surface area contributed by atoms with Crippen molar-refractivity contribution >= 4 is 31.6 Å². The van der Waals surface area contributed by atoms with Crippen LogP contribution >= 0.6 is 15.9 Å². The van der Waals surface area contributed by atoms with Crippen LogP contribution in [-0.4, -0.2) is 18.2 Å². The van der Waals surface area contributed by atoms with Gasteiger partial charge in [0.15, 0.2) is 0 Å². The molecule has 0 unspecified atom stereocenters. The van der Waals surface area contributed by atoms with Crippen molar-refractivity contribution in [3.63, 3.8) is 0 Å². The van der Waals surface area contributed by atoms with E-state index in [1.165, 1.54) is 0 Å². The van der Waals surface area contributed by atoms with E-state index in [0.29, 0.717) is 12.2 Å². The Balaban J connectivity index is 1.80. The molecule has 0 radical (unpaired) electrons. The molecule has 23 heavy (non-hydrogen) atoms. The number of sulfonamides is 1. The highest BCUT2D eigenvalue weighted by Crippen LogP contribution is 2.19. The summed E-state index contributed by atoms with van der Waals surface area (Å²) in [5.74, 6) is 0. The zero-order chi connectivity index (χ0) is 16.3. The normalized spacial score (nSPS) is 11.3. The number of anilines is 1. The van der Waals surface area contributed by atoms with Crippen LogP contribution in [0.1, 0.15) is 5.56 Å². The summed E-state index contributed by atoms with van der Waals surface area (Å²) < 4.78 is 30.0. The highest BCUT2D eigenvalue weighted by Gasteiger charge is 2.14. The van der Waals surface area contributed by atoms with Crippen molar-refractivity contribution in [3.8, 4) is 0 Å². The molecule has 3 rings (SSSR count). The highest BCUT2D eigenvalue weighted by atomic mass is 79.9. The van der Waals surface area contributed by atoms with E-state index < -0.39 is 10.0 Å². The number of nitrogens with one attached hydrogen (secondary N) is 1. The molecule has 0 aliphatic rings. The Hall–Kier alpha value is -2.12. The minimum absolute atomic E-state index is 0.221. The fourth-order valence-corrected chi connectivity index (χ4v) is 3.46. The van der Waals surface area contributed by atoms with Gasteiger partial charge in [-0.05, 0) is 48.0 Å². The average Bonchev–Trinajstić information content (AvgIpc) is 3.00. The van der Waals surface area contributed by atoms with Crippen LogP contribution in [0.15, 0.2) is 76.4 Å². The predicted octanol–water partition coefficient (Wildman–Crippen LogP) is 3.49. The van der Waals surface area contributed by atoms with Crippen LogP contribution in [0.2, 0.25) is 0 Å². The molecule has 118 valence electrons. The lowest BCUT2D eigenvalue weighted by Crippen LogP contribution is -2.13. The molecule has 1 aromatic heterocycles. The van der Waals surface area contributed by atoms with Gasteiger partial charge in [-0.15, -0.1) is 0 Å². The first kappa shape index (κ1) is 15.8. The second-order valence-corrected chi connectivity index (χ2v) is 7.56. The summed E-state index contributed by atoms with van der Waals surface area (Å²) >= 11 is 3.29. The van der Waals surface area contributed by atoms with Gasteiger partial charge in [-0.3, -0.25) is 9.40 Å². The molecule has 0 saturated carbocycles. The van der Waals surface area contributed by atoms with Gasteiger partial charge in [-0.25, -0.2) is 8.42 Å². The first-order chi connectivity index (χ1) is 11.0. The molecular formula is C16H14BrN3O2S. The van der Waals surface area contributed by atoms with Gasteiger partial charge in [-0.1, -0.05) is 28.1 Å². The molecule has 2 aromatic carbocycles. The van der Waals surface area contributed by atoms with Crippen LogP contribution in [0.5, 0.6) is 0 Å². The summed E-state index contributed by atoms with van der Waals surface area (Å²) in [6.45, 7) is 0.584. The van der Waals surface area contributed by atoms with E-state index in [1.54, 1.807) is 47.3 Å². The van der Waals surface area contributed by atoms with Crippen LogP contribution in [0.3, 0.4) is 0 Å². The van der Waals surface area contributed by atoms with E-state index in [9.17, 15) is 8.42 Å². The zero-order valence-corrected chi connectivity index (χ0v) is 14.5. The fraction of sp³-hybridized carbons (Fsp3) is 0.0625. The second kappa shape index (κ2) is 6.55. The van der Waals surface area contributed by atoms with Crippen molar-refractivity contribution in [3.05, 3.63) is 77.0 Å². The van der Waals surface area contributed by atoms with Crippen molar-refractivity contribution in [1.82, 2.24) is 9.78 Å². The molecule has 0 aliphatic carbocycles. The SMILES string of the molecule is O=S(=O)(Nc1cccc(Cn2cccn2)c1)c1ccc(Br)cc1. The van der Waals surface area contributed by atoms with Crippen molar-refractivity contribution in [2.45, 2.75) is 11.4 Å². The summed E-state index contributed by atoms with van der Waals surface area (Å²) in [6.07, 6.45) is 3.57. The number of benzene rings is 2. The number of rotatable bonds is 5. The maximum absolute atomic E-state index is 12.4. The van der Waals surface area contributed by atoms with Gasteiger partial charge in [-0.2, -0.15) is 5.10 Å². The molecule has 0 amide bonds. The fourth-order valence-electron chi connectivity index (χ4n) is 2.14. The summed E-state index contributed by atoms with van der Waals surface area (Å²) in [4.78, 5) is 0.221. The standard InChI is InChI=1S/C16H14BrN3O2S/c17-14-5-7-16(8-6-14)23(21,22)19-15-4-1-3-13(11-15)12-20-10-2-9-18-20/h1-11,19H,12H2. The molecule has 7 heteroatoms. The van der Waals surface area contributed by atoms with Crippen LogP contribution in [-0.2, 0) is 16.6 Å². The quantitative estimate of drug-likeness (QED) is 0.723. The first-order valence-corrected chi connectivity index (χ1v) is 9.15. The van der Waals surface area contributed by atoms with E-state index in [1.807, 2.05) is 24.4 Å². The summed E-state index contributed by atoms with van der Waals surface area (Å²) in [7, 11) is -3.60. The maximum atomic E-state index is 12.4. The van der Waals surface area contributed by atoms with Gasteiger partial charge in [0.1, 0.15) is 0 Å². The number of hydrogen-bond acceptors (Lipinski definition) is 3. The zero-order valence-electron chi connectivity index (χ0n) is 12.1. The van der Waals surface area contributed by atoms with Crippen molar-refractivity contribution in [1.29, 1.82) is 0 Å². The molecule has 3 aromatic rings. The molecule has 1 N–H and O–H groups in total. The van der Waals surface area contributed by atoms with Crippen LogP contribution in [0.25, 0.3) is 0 Å². The number of nitrogens with zero attached hydrogens (tertiary/aromatic N) is 2. The number of aromatic nitrogens is 2. The lowest BCUT2D eigenvalue weighted by molar-refractivity contribution is 0.601. The van der Waals surface area contributed by atoms with Crippen molar-refractivity contribution in [2.24, 2.45) is 0 Å². The molecule has 5 nitrogen and oxygen atoms in total. The predicted molar refractivity (Wildman–Crippen MR) is 92.7 cm³/mol. The summed E-state index contributed by atoms with van der Waals surface area (Å²) in [6, 6.07) is 15.6. The van der Waals surface area contributed by atoms with Crippen LogP contribution < -0.4 is 4.72 Å². The number of halogens is 1.